The molecule has 0 radical (unpaired) electrons. The molecule has 4 nitrogen and oxygen atoms in total. The van der Waals surface area contributed by atoms with Crippen LogP contribution in [0.3, 0.4) is 0 Å². The monoisotopic (exact) mass is 312 g/mol. The molecular weight excluding hydrogens is 289 g/mol. The van der Waals surface area contributed by atoms with Crippen molar-refractivity contribution in [2.45, 2.75) is 52.5 Å². The summed E-state index contributed by atoms with van der Waals surface area (Å²) in [4.78, 5) is 12.2. The minimum atomic E-state index is -4.43. The molecule has 1 fully saturated rings. The number of carbonyl (C=O) groups is 1. The van der Waals surface area contributed by atoms with Gasteiger partial charge in [-0.3, -0.25) is 4.79 Å². The summed E-state index contributed by atoms with van der Waals surface area (Å²) in [7, 11) is 0. The van der Waals surface area contributed by atoms with Crippen molar-refractivity contribution < 1.29 is 32.2 Å². The molecule has 0 saturated carbocycles. The Bertz CT molecular complexity index is 364. The molecular formula is C14H23F3O4. The standard InChI is InChI=1S/C14H23F3O4/c1-5-12(4,6-10(2)3)11(18)19-7-13(8-20-13)21-9-14(15,16)17/h10H,5-9H2,1-4H3. The summed E-state index contributed by atoms with van der Waals surface area (Å²) in [6.07, 6.45) is -3.18. The number of hydrogen-bond donors (Lipinski definition) is 0. The second-order valence-electron chi connectivity index (χ2n) is 6.19. The van der Waals surface area contributed by atoms with E-state index in [1.807, 2.05) is 20.8 Å². The maximum absolute atomic E-state index is 12.2. The van der Waals surface area contributed by atoms with Gasteiger partial charge in [-0.1, -0.05) is 20.8 Å². The largest absolute Gasteiger partial charge is 0.459 e. The number of alkyl halides is 3. The van der Waals surface area contributed by atoms with E-state index < -0.39 is 30.0 Å². The second-order valence-corrected chi connectivity index (χ2v) is 6.19. The van der Waals surface area contributed by atoms with Crippen molar-refractivity contribution in [1.29, 1.82) is 0 Å². The van der Waals surface area contributed by atoms with Crippen molar-refractivity contribution in [3.63, 3.8) is 0 Å². The molecule has 0 N–H and O–H groups in total. The molecule has 0 aromatic rings. The first-order valence-corrected chi connectivity index (χ1v) is 7.04. The van der Waals surface area contributed by atoms with Crippen LogP contribution in [-0.2, 0) is 19.0 Å². The van der Waals surface area contributed by atoms with Crippen molar-refractivity contribution in [1.82, 2.24) is 0 Å². The zero-order valence-corrected chi connectivity index (χ0v) is 12.9. The van der Waals surface area contributed by atoms with Crippen LogP contribution in [-0.4, -0.2) is 37.8 Å². The van der Waals surface area contributed by atoms with Gasteiger partial charge >= 0.3 is 12.1 Å². The van der Waals surface area contributed by atoms with Crippen LogP contribution in [0.1, 0.15) is 40.5 Å². The maximum Gasteiger partial charge on any atom is 0.411 e. The Kier molecular flexibility index (Phi) is 5.66. The fourth-order valence-electron chi connectivity index (χ4n) is 2.12. The van der Waals surface area contributed by atoms with E-state index in [0.717, 1.165) is 0 Å². The third kappa shape index (κ3) is 5.82. The van der Waals surface area contributed by atoms with Gasteiger partial charge in [0.05, 0.1) is 5.41 Å². The Morgan fingerprint density at radius 3 is 2.33 bits per heavy atom. The summed E-state index contributed by atoms with van der Waals surface area (Å²) >= 11 is 0. The first-order chi connectivity index (χ1) is 9.52. The zero-order valence-electron chi connectivity index (χ0n) is 12.9. The molecule has 1 aliphatic heterocycles. The molecule has 1 aliphatic rings. The van der Waals surface area contributed by atoms with Gasteiger partial charge in [-0.25, -0.2) is 0 Å². The van der Waals surface area contributed by atoms with Gasteiger partial charge in [0.1, 0.15) is 19.8 Å². The van der Waals surface area contributed by atoms with Crippen molar-refractivity contribution in [3.05, 3.63) is 0 Å². The number of halogens is 3. The number of rotatable bonds is 8. The number of esters is 1. The van der Waals surface area contributed by atoms with Crippen LogP contribution in [0.4, 0.5) is 13.2 Å². The van der Waals surface area contributed by atoms with Gasteiger partial charge in [0.15, 0.2) is 0 Å². The van der Waals surface area contributed by atoms with Gasteiger partial charge in [0.2, 0.25) is 5.79 Å². The molecule has 1 saturated heterocycles. The van der Waals surface area contributed by atoms with E-state index in [1.165, 1.54) is 0 Å². The minimum Gasteiger partial charge on any atom is -0.459 e. The van der Waals surface area contributed by atoms with E-state index in [9.17, 15) is 18.0 Å². The summed E-state index contributed by atoms with van der Waals surface area (Å²) < 4.78 is 51.0. The van der Waals surface area contributed by atoms with Crippen LogP contribution in [0.25, 0.3) is 0 Å². The third-order valence-corrected chi connectivity index (χ3v) is 3.52. The van der Waals surface area contributed by atoms with E-state index in [0.29, 0.717) is 18.8 Å². The quantitative estimate of drug-likeness (QED) is 0.510. The van der Waals surface area contributed by atoms with Crippen molar-refractivity contribution in [2.75, 3.05) is 19.8 Å². The lowest BCUT2D eigenvalue weighted by Crippen LogP contribution is -2.36. The highest BCUT2D eigenvalue weighted by Crippen LogP contribution is 2.35. The predicted octanol–water partition coefficient (Wildman–Crippen LogP) is 3.30. The van der Waals surface area contributed by atoms with E-state index in [-0.39, 0.29) is 13.2 Å². The van der Waals surface area contributed by atoms with Gasteiger partial charge in [0.25, 0.3) is 0 Å². The molecule has 2 unspecified atom stereocenters. The van der Waals surface area contributed by atoms with Crippen LogP contribution in [0.15, 0.2) is 0 Å². The van der Waals surface area contributed by atoms with Gasteiger partial charge < -0.3 is 14.2 Å². The summed E-state index contributed by atoms with van der Waals surface area (Å²) in [5.41, 5.74) is -0.645. The molecule has 21 heavy (non-hydrogen) atoms. The highest BCUT2D eigenvalue weighted by atomic mass is 19.4. The Morgan fingerprint density at radius 1 is 1.38 bits per heavy atom. The summed E-state index contributed by atoms with van der Waals surface area (Å²) in [6, 6.07) is 0. The van der Waals surface area contributed by atoms with Crippen LogP contribution < -0.4 is 0 Å². The van der Waals surface area contributed by atoms with Gasteiger partial charge in [-0.15, -0.1) is 0 Å². The fourth-order valence-corrected chi connectivity index (χ4v) is 2.12. The SMILES string of the molecule is CCC(C)(CC(C)C)C(=O)OCC1(OCC(F)(F)F)CO1. The average molecular weight is 312 g/mol. The molecule has 2 atom stereocenters. The number of hydrogen-bond acceptors (Lipinski definition) is 4. The van der Waals surface area contributed by atoms with Crippen molar-refractivity contribution in [2.24, 2.45) is 11.3 Å². The number of carbonyl (C=O) groups excluding carboxylic acids is 1. The lowest BCUT2D eigenvalue weighted by Gasteiger charge is -2.28. The van der Waals surface area contributed by atoms with Crippen LogP contribution in [0.2, 0.25) is 0 Å². The van der Waals surface area contributed by atoms with Crippen LogP contribution in [0, 0.1) is 11.3 Å². The van der Waals surface area contributed by atoms with Gasteiger partial charge in [-0.05, 0) is 25.7 Å². The van der Waals surface area contributed by atoms with Crippen molar-refractivity contribution in [3.8, 4) is 0 Å². The van der Waals surface area contributed by atoms with E-state index in [4.69, 9.17) is 9.47 Å². The molecule has 0 aromatic heterocycles. The molecule has 0 amide bonds. The molecule has 0 aromatic carbocycles. The van der Waals surface area contributed by atoms with Crippen LogP contribution >= 0.6 is 0 Å². The smallest absolute Gasteiger partial charge is 0.411 e. The first kappa shape index (κ1) is 18.2. The minimum absolute atomic E-state index is 0.00335. The number of ether oxygens (including phenoxy) is 3. The third-order valence-electron chi connectivity index (χ3n) is 3.52. The Hall–Kier alpha value is -0.820. The molecule has 0 spiro atoms. The Labute approximate surface area is 122 Å². The van der Waals surface area contributed by atoms with Gasteiger partial charge in [-0.2, -0.15) is 13.2 Å². The fraction of sp³-hybridized carbons (Fsp3) is 0.929. The molecule has 7 heteroatoms. The maximum atomic E-state index is 12.2. The summed E-state index contributed by atoms with van der Waals surface area (Å²) in [5.74, 6) is -1.53. The molecule has 1 heterocycles. The predicted molar refractivity (Wildman–Crippen MR) is 69.5 cm³/mol. The second kappa shape index (κ2) is 6.52. The summed E-state index contributed by atoms with van der Waals surface area (Å²) in [5, 5.41) is 0. The van der Waals surface area contributed by atoms with E-state index in [1.54, 1.807) is 6.92 Å². The molecule has 124 valence electrons. The highest BCUT2D eigenvalue weighted by Gasteiger charge is 2.51. The zero-order chi connectivity index (χ0) is 16.3. The van der Waals surface area contributed by atoms with E-state index in [2.05, 4.69) is 4.74 Å². The van der Waals surface area contributed by atoms with E-state index >= 15 is 0 Å². The Balaban J connectivity index is 2.48. The molecule has 1 rings (SSSR count). The lowest BCUT2D eigenvalue weighted by molar-refractivity contribution is -0.213. The lowest BCUT2D eigenvalue weighted by atomic mass is 9.80. The average Bonchev–Trinajstić information content (AvgIpc) is 3.12. The normalized spacial score (nSPS) is 24.8. The topological polar surface area (TPSA) is 48.1 Å². The number of epoxide rings is 1. The first-order valence-electron chi connectivity index (χ1n) is 7.04. The molecule has 0 bridgehead atoms. The van der Waals surface area contributed by atoms with Crippen LogP contribution in [0.5, 0.6) is 0 Å². The highest BCUT2D eigenvalue weighted by molar-refractivity contribution is 5.76. The Morgan fingerprint density at radius 2 is 1.95 bits per heavy atom. The molecule has 0 aliphatic carbocycles. The van der Waals surface area contributed by atoms with Crippen molar-refractivity contribution >= 4 is 5.97 Å². The summed E-state index contributed by atoms with van der Waals surface area (Å²) in [6.45, 7) is 5.96. The van der Waals surface area contributed by atoms with Gasteiger partial charge in [0, 0.05) is 0 Å².